The van der Waals surface area contributed by atoms with Crippen molar-refractivity contribution in [2.45, 2.75) is 12.8 Å². The van der Waals surface area contributed by atoms with Crippen LogP contribution in [0.4, 0.5) is 0 Å². The highest BCUT2D eigenvalue weighted by atomic mass is 32.1. The van der Waals surface area contributed by atoms with Crippen molar-refractivity contribution in [3.8, 4) is 0 Å². The Labute approximate surface area is 119 Å². The third-order valence-electron chi connectivity index (χ3n) is 3.23. The largest absolute Gasteiger partial charge is 0.395 e. The molecule has 2 rings (SSSR count). The minimum Gasteiger partial charge on any atom is -0.395 e. The molecule has 1 N–H and O–H groups in total. The molecule has 1 aromatic carbocycles. The Morgan fingerprint density at radius 2 is 1.68 bits per heavy atom. The Morgan fingerprint density at radius 1 is 0.895 bits per heavy atom. The van der Waals surface area contributed by atoms with Crippen molar-refractivity contribution in [1.29, 1.82) is 0 Å². The molecule has 0 spiro atoms. The molecule has 0 saturated carbocycles. The molecule has 3 heteroatoms. The van der Waals surface area contributed by atoms with E-state index in [0.717, 1.165) is 32.5 Å². The summed E-state index contributed by atoms with van der Waals surface area (Å²) >= 11 is 1.81. The summed E-state index contributed by atoms with van der Waals surface area (Å²) in [7, 11) is 0. The van der Waals surface area contributed by atoms with Crippen molar-refractivity contribution >= 4 is 11.3 Å². The topological polar surface area (TPSA) is 23.5 Å². The predicted octanol–water partition coefficient (Wildman–Crippen LogP) is 2.83. The molecule has 0 aliphatic heterocycles. The first-order chi connectivity index (χ1) is 9.38. The Balaban J connectivity index is 1.78. The molecule has 2 nitrogen and oxygen atoms in total. The molecule has 1 heterocycles. The minimum absolute atomic E-state index is 0.235. The van der Waals surface area contributed by atoms with Crippen molar-refractivity contribution < 1.29 is 5.11 Å². The predicted molar refractivity (Wildman–Crippen MR) is 81.7 cm³/mol. The fraction of sp³-hybridized carbons (Fsp3) is 0.375. The average molecular weight is 275 g/mol. The second-order valence-electron chi connectivity index (χ2n) is 4.63. The third kappa shape index (κ3) is 5.15. The quantitative estimate of drug-likeness (QED) is 0.801. The Hall–Kier alpha value is -1.16. The normalized spacial score (nSPS) is 11.1. The number of hydrogen-bond acceptors (Lipinski definition) is 3. The summed E-state index contributed by atoms with van der Waals surface area (Å²) in [5.74, 6) is 0. The van der Waals surface area contributed by atoms with E-state index in [0.29, 0.717) is 0 Å². The fourth-order valence-corrected chi connectivity index (χ4v) is 2.83. The van der Waals surface area contributed by atoms with E-state index in [-0.39, 0.29) is 6.61 Å². The van der Waals surface area contributed by atoms with E-state index in [1.165, 1.54) is 10.4 Å². The average Bonchev–Trinajstić information content (AvgIpc) is 2.96. The standard InChI is InChI=1S/C16H21NOS/c18-13-12-17(11-9-16-7-4-14-19-16)10-8-15-5-2-1-3-6-15/h1-7,14,18H,8-13H2. The van der Waals surface area contributed by atoms with Gasteiger partial charge in [-0.05, 0) is 29.9 Å². The number of rotatable bonds is 8. The van der Waals surface area contributed by atoms with Crippen LogP contribution in [0.5, 0.6) is 0 Å². The first-order valence-corrected chi connectivity index (χ1v) is 7.66. The molecule has 102 valence electrons. The lowest BCUT2D eigenvalue weighted by molar-refractivity contribution is 0.199. The van der Waals surface area contributed by atoms with Gasteiger partial charge in [0.2, 0.25) is 0 Å². The summed E-state index contributed by atoms with van der Waals surface area (Å²) in [6.07, 6.45) is 2.12. The van der Waals surface area contributed by atoms with Crippen LogP contribution in [-0.4, -0.2) is 36.2 Å². The molecular weight excluding hydrogens is 254 g/mol. The monoisotopic (exact) mass is 275 g/mol. The summed E-state index contributed by atoms with van der Waals surface area (Å²) in [6.45, 7) is 3.03. The van der Waals surface area contributed by atoms with Gasteiger partial charge in [0.15, 0.2) is 0 Å². The summed E-state index contributed by atoms with van der Waals surface area (Å²) in [4.78, 5) is 3.76. The van der Waals surface area contributed by atoms with Gasteiger partial charge in [-0.25, -0.2) is 0 Å². The summed E-state index contributed by atoms with van der Waals surface area (Å²) < 4.78 is 0. The lowest BCUT2D eigenvalue weighted by Gasteiger charge is -2.20. The Kier molecular flexibility index (Phi) is 6.08. The zero-order valence-corrected chi connectivity index (χ0v) is 12.0. The molecule has 0 aliphatic carbocycles. The van der Waals surface area contributed by atoms with Gasteiger partial charge in [0.05, 0.1) is 6.61 Å². The maximum absolute atomic E-state index is 9.15. The highest BCUT2D eigenvalue weighted by Gasteiger charge is 2.05. The van der Waals surface area contributed by atoms with Gasteiger partial charge >= 0.3 is 0 Å². The maximum atomic E-state index is 9.15. The number of nitrogens with zero attached hydrogens (tertiary/aromatic N) is 1. The van der Waals surface area contributed by atoms with Crippen molar-refractivity contribution in [3.63, 3.8) is 0 Å². The molecule has 0 unspecified atom stereocenters. The van der Waals surface area contributed by atoms with Crippen molar-refractivity contribution in [1.82, 2.24) is 4.90 Å². The number of aliphatic hydroxyl groups is 1. The molecule has 19 heavy (non-hydrogen) atoms. The lowest BCUT2D eigenvalue weighted by Crippen LogP contribution is -2.31. The maximum Gasteiger partial charge on any atom is 0.0558 e. The van der Waals surface area contributed by atoms with Crippen molar-refractivity contribution in [2.24, 2.45) is 0 Å². The zero-order valence-electron chi connectivity index (χ0n) is 11.2. The molecular formula is C16H21NOS. The van der Waals surface area contributed by atoms with Crippen LogP contribution in [0, 0.1) is 0 Å². The molecule has 0 saturated heterocycles. The summed E-state index contributed by atoms with van der Waals surface area (Å²) in [5.41, 5.74) is 1.36. The van der Waals surface area contributed by atoms with Crippen LogP contribution >= 0.6 is 11.3 Å². The van der Waals surface area contributed by atoms with Crippen LogP contribution < -0.4 is 0 Å². The van der Waals surface area contributed by atoms with E-state index in [9.17, 15) is 0 Å². The van der Waals surface area contributed by atoms with Gasteiger partial charge in [-0.15, -0.1) is 11.3 Å². The van der Waals surface area contributed by atoms with Gasteiger partial charge in [0.25, 0.3) is 0 Å². The summed E-state index contributed by atoms with van der Waals surface area (Å²) in [5, 5.41) is 11.3. The van der Waals surface area contributed by atoms with Crippen molar-refractivity contribution in [3.05, 3.63) is 58.3 Å². The number of aliphatic hydroxyl groups excluding tert-OH is 1. The lowest BCUT2D eigenvalue weighted by atomic mass is 10.1. The third-order valence-corrected chi connectivity index (χ3v) is 4.17. The molecule has 2 aromatic rings. The van der Waals surface area contributed by atoms with E-state index in [2.05, 4.69) is 46.7 Å². The van der Waals surface area contributed by atoms with E-state index < -0.39 is 0 Å². The van der Waals surface area contributed by atoms with E-state index in [1.807, 2.05) is 17.4 Å². The molecule has 0 aliphatic rings. The Morgan fingerprint density at radius 3 is 2.37 bits per heavy atom. The zero-order chi connectivity index (χ0) is 13.3. The van der Waals surface area contributed by atoms with Crippen LogP contribution in [0.2, 0.25) is 0 Å². The minimum atomic E-state index is 0.235. The van der Waals surface area contributed by atoms with Crippen LogP contribution in [0.1, 0.15) is 10.4 Å². The first-order valence-electron chi connectivity index (χ1n) is 6.78. The van der Waals surface area contributed by atoms with Gasteiger partial charge in [-0.2, -0.15) is 0 Å². The SMILES string of the molecule is OCCN(CCc1ccccc1)CCc1cccs1. The fourth-order valence-electron chi connectivity index (χ4n) is 2.13. The van der Waals surface area contributed by atoms with Crippen LogP contribution in [0.15, 0.2) is 47.8 Å². The van der Waals surface area contributed by atoms with Gasteiger partial charge < -0.3 is 10.0 Å². The van der Waals surface area contributed by atoms with E-state index in [1.54, 1.807) is 0 Å². The first kappa shape index (κ1) is 14.3. The van der Waals surface area contributed by atoms with Gasteiger partial charge in [0, 0.05) is 24.5 Å². The molecule has 0 bridgehead atoms. The summed E-state index contributed by atoms with van der Waals surface area (Å²) in [6, 6.07) is 14.8. The number of hydrogen-bond donors (Lipinski definition) is 1. The number of thiophene rings is 1. The second kappa shape index (κ2) is 8.10. The van der Waals surface area contributed by atoms with Gasteiger partial charge in [-0.1, -0.05) is 36.4 Å². The molecule has 0 radical (unpaired) electrons. The molecule has 1 aromatic heterocycles. The van der Waals surface area contributed by atoms with Crippen LogP contribution in [0.25, 0.3) is 0 Å². The van der Waals surface area contributed by atoms with Crippen molar-refractivity contribution in [2.75, 3.05) is 26.2 Å². The van der Waals surface area contributed by atoms with E-state index >= 15 is 0 Å². The Bertz CT molecular complexity index is 441. The van der Waals surface area contributed by atoms with Gasteiger partial charge in [-0.3, -0.25) is 0 Å². The van der Waals surface area contributed by atoms with Crippen LogP contribution in [-0.2, 0) is 12.8 Å². The molecule has 0 amide bonds. The highest BCUT2D eigenvalue weighted by molar-refractivity contribution is 7.09. The molecule has 0 atom stereocenters. The van der Waals surface area contributed by atoms with E-state index in [4.69, 9.17) is 5.11 Å². The van der Waals surface area contributed by atoms with Crippen LogP contribution in [0.3, 0.4) is 0 Å². The van der Waals surface area contributed by atoms with Gasteiger partial charge in [0.1, 0.15) is 0 Å². The number of benzene rings is 1. The smallest absolute Gasteiger partial charge is 0.0558 e. The molecule has 0 fully saturated rings. The highest BCUT2D eigenvalue weighted by Crippen LogP contribution is 2.10. The second-order valence-corrected chi connectivity index (χ2v) is 5.66.